The standard InChI is InChI=1S/C14H15Cl2NO3/c1-14(13(19)20)4-5-17(8-14)12(18)6-9-2-3-10(15)7-11(9)16/h2-3,7H,4-6,8H2,1H3,(H,19,20). The van der Waals surface area contributed by atoms with Gasteiger partial charge in [0.2, 0.25) is 5.91 Å². The van der Waals surface area contributed by atoms with E-state index in [1.165, 1.54) is 0 Å². The number of carbonyl (C=O) groups is 2. The molecule has 1 unspecified atom stereocenters. The number of hydrogen-bond donors (Lipinski definition) is 1. The van der Waals surface area contributed by atoms with E-state index in [1.807, 2.05) is 0 Å². The summed E-state index contributed by atoms with van der Waals surface area (Å²) in [4.78, 5) is 25.0. The fourth-order valence-electron chi connectivity index (χ4n) is 2.29. The largest absolute Gasteiger partial charge is 0.481 e. The zero-order valence-corrected chi connectivity index (χ0v) is 12.5. The van der Waals surface area contributed by atoms with Gasteiger partial charge in [-0.3, -0.25) is 9.59 Å². The number of rotatable bonds is 3. The minimum atomic E-state index is -0.864. The third-order valence-corrected chi connectivity index (χ3v) is 4.29. The lowest BCUT2D eigenvalue weighted by Gasteiger charge is -2.20. The van der Waals surface area contributed by atoms with E-state index in [2.05, 4.69) is 0 Å². The smallest absolute Gasteiger partial charge is 0.311 e. The summed E-state index contributed by atoms with van der Waals surface area (Å²) in [5.74, 6) is -0.975. The van der Waals surface area contributed by atoms with Gasteiger partial charge in [-0.2, -0.15) is 0 Å². The Hall–Kier alpha value is -1.26. The fraction of sp³-hybridized carbons (Fsp3) is 0.429. The first-order chi connectivity index (χ1) is 9.32. The van der Waals surface area contributed by atoms with E-state index in [0.29, 0.717) is 28.6 Å². The van der Waals surface area contributed by atoms with Crippen molar-refractivity contribution in [2.45, 2.75) is 19.8 Å². The molecule has 1 amide bonds. The van der Waals surface area contributed by atoms with Crippen molar-refractivity contribution in [2.75, 3.05) is 13.1 Å². The van der Waals surface area contributed by atoms with Crippen LogP contribution in [0.3, 0.4) is 0 Å². The molecule has 1 saturated heterocycles. The molecule has 1 fully saturated rings. The average Bonchev–Trinajstić information content (AvgIpc) is 2.77. The van der Waals surface area contributed by atoms with Crippen molar-refractivity contribution in [3.8, 4) is 0 Å². The number of carboxylic acid groups (broad SMARTS) is 1. The first-order valence-electron chi connectivity index (χ1n) is 6.27. The van der Waals surface area contributed by atoms with Gasteiger partial charge in [0.05, 0.1) is 11.8 Å². The maximum Gasteiger partial charge on any atom is 0.311 e. The van der Waals surface area contributed by atoms with Gasteiger partial charge in [-0.1, -0.05) is 29.3 Å². The highest BCUT2D eigenvalue weighted by atomic mass is 35.5. The predicted octanol–water partition coefficient (Wildman–Crippen LogP) is 2.86. The Morgan fingerprint density at radius 3 is 2.65 bits per heavy atom. The Labute approximate surface area is 127 Å². The molecule has 1 aromatic rings. The summed E-state index contributed by atoms with van der Waals surface area (Å²) >= 11 is 11.8. The van der Waals surface area contributed by atoms with Crippen LogP contribution in [0.15, 0.2) is 18.2 Å². The first-order valence-corrected chi connectivity index (χ1v) is 7.02. The lowest BCUT2D eigenvalue weighted by Crippen LogP contribution is -2.35. The van der Waals surface area contributed by atoms with E-state index >= 15 is 0 Å². The van der Waals surface area contributed by atoms with Crippen LogP contribution >= 0.6 is 23.2 Å². The molecular weight excluding hydrogens is 301 g/mol. The van der Waals surface area contributed by atoms with Crippen LogP contribution in [0.5, 0.6) is 0 Å². The van der Waals surface area contributed by atoms with Crippen LogP contribution < -0.4 is 0 Å². The molecule has 20 heavy (non-hydrogen) atoms. The van der Waals surface area contributed by atoms with Crippen molar-refractivity contribution in [2.24, 2.45) is 5.41 Å². The quantitative estimate of drug-likeness (QED) is 0.933. The van der Waals surface area contributed by atoms with E-state index in [0.717, 1.165) is 0 Å². The monoisotopic (exact) mass is 315 g/mol. The maximum atomic E-state index is 12.2. The van der Waals surface area contributed by atoms with E-state index in [-0.39, 0.29) is 18.9 Å². The lowest BCUT2D eigenvalue weighted by molar-refractivity contribution is -0.147. The number of halogens is 2. The van der Waals surface area contributed by atoms with Crippen LogP contribution in [0.2, 0.25) is 10.0 Å². The van der Waals surface area contributed by atoms with Crippen molar-refractivity contribution in [1.82, 2.24) is 4.90 Å². The molecule has 0 radical (unpaired) electrons. The van der Waals surface area contributed by atoms with Gasteiger partial charge in [0.1, 0.15) is 0 Å². The third-order valence-electron chi connectivity index (χ3n) is 3.70. The number of nitrogens with zero attached hydrogens (tertiary/aromatic N) is 1. The lowest BCUT2D eigenvalue weighted by atomic mass is 9.90. The molecule has 1 heterocycles. The van der Waals surface area contributed by atoms with Gasteiger partial charge in [0.25, 0.3) is 0 Å². The van der Waals surface area contributed by atoms with Crippen molar-refractivity contribution in [3.05, 3.63) is 33.8 Å². The van der Waals surface area contributed by atoms with Crippen LogP contribution in [-0.2, 0) is 16.0 Å². The number of aliphatic carboxylic acids is 1. The molecule has 6 heteroatoms. The van der Waals surface area contributed by atoms with Gasteiger partial charge >= 0.3 is 5.97 Å². The second kappa shape index (κ2) is 5.62. The van der Waals surface area contributed by atoms with Crippen LogP contribution in [0, 0.1) is 5.41 Å². The summed E-state index contributed by atoms with van der Waals surface area (Å²) in [6.07, 6.45) is 0.633. The molecule has 108 valence electrons. The van der Waals surface area contributed by atoms with Crippen molar-refractivity contribution >= 4 is 35.1 Å². The average molecular weight is 316 g/mol. The zero-order valence-electron chi connectivity index (χ0n) is 11.0. The van der Waals surface area contributed by atoms with Crippen molar-refractivity contribution in [1.29, 1.82) is 0 Å². The van der Waals surface area contributed by atoms with Gasteiger partial charge in [0.15, 0.2) is 0 Å². The number of hydrogen-bond acceptors (Lipinski definition) is 2. The molecule has 0 saturated carbocycles. The number of carboxylic acids is 1. The molecule has 0 aliphatic carbocycles. The van der Waals surface area contributed by atoms with Gasteiger partial charge in [-0.05, 0) is 31.0 Å². The summed E-state index contributed by atoms with van der Waals surface area (Å²) < 4.78 is 0. The molecule has 4 nitrogen and oxygen atoms in total. The normalized spacial score (nSPS) is 22.1. The summed E-state index contributed by atoms with van der Waals surface area (Å²) in [5.41, 5.74) is -0.149. The molecule has 2 rings (SSSR count). The van der Waals surface area contributed by atoms with E-state index in [4.69, 9.17) is 28.3 Å². The number of likely N-dealkylation sites (tertiary alicyclic amines) is 1. The highest BCUT2D eigenvalue weighted by Crippen LogP contribution is 2.31. The Morgan fingerprint density at radius 1 is 1.40 bits per heavy atom. The molecule has 1 aromatic carbocycles. The Morgan fingerprint density at radius 2 is 2.10 bits per heavy atom. The molecular formula is C14H15Cl2NO3. The number of amides is 1. The molecule has 1 aliphatic heterocycles. The number of benzene rings is 1. The molecule has 1 N–H and O–H groups in total. The number of carbonyl (C=O) groups excluding carboxylic acids is 1. The maximum absolute atomic E-state index is 12.2. The summed E-state index contributed by atoms with van der Waals surface area (Å²) in [7, 11) is 0. The van der Waals surface area contributed by atoms with Gasteiger partial charge in [-0.15, -0.1) is 0 Å². The molecule has 0 spiro atoms. The predicted molar refractivity (Wildman–Crippen MR) is 77.1 cm³/mol. The SMILES string of the molecule is CC1(C(=O)O)CCN(C(=O)Cc2ccc(Cl)cc2Cl)C1. The fourth-order valence-corrected chi connectivity index (χ4v) is 2.76. The second-order valence-electron chi connectivity index (χ2n) is 5.34. The minimum absolute atomic E-state index is 0.112. The van der Waals surface area contributed by atoms with Crippen molar-refractivity contribution < 1.29 is 14.7 Å². The molecule has 0 aromatic heterocycles. The first kappa shape index (κ1) is 15.1. The van der Waals surface area contributed by atoms with E-state index < -0.39 is 11.4 Å². The minimum Gasteiger partial charge on any atom is -0.481 e. The Balaban J connectivity index is 2.05. The Kier molecular flexibility index (Phi) is 4.25. The topological polar surface area (TPSA) is 57.6 Å². The van der Waals surface area contributed by atoms with Crippen LogP contribution in [0.25, 0.3) is 0 Å². The summed E-state index contributed by atoms with van der Waals surface area (Å²) in [6, 6.07) is 4.99. The summed E-state index contributed by atoms with van der Waals surface area (Å²) in [5, 5.41) is 10.1. The highest BCUT2D eigenvalue weighted by Gasteiger charge is 2.41. The summed E-state index contributed by atoms with van der Waals surface area (Å²) in [6.45, 7) is 2.37. The Bertz CT molecular complexity index is 561. The molecule has 1 aliphatic rings. The zero-order chi connectivity index (χ0) is 14.9. The van der Waals surface area contributed by atoms with Crippen LogP contribution in [0.1, 0.15) is 18.9 Å². The van der Waals surface area contributed by atoms with Gasteiger partial charge in [0, 0.05) is 23.1 Å². The van der Waals surface area contributed by atoms with Crippen LogP contribution in [-0.4, -0.2) is 35.0 Å². The second-order valence-corrected chi connectivity index (χ2v) is 6.19. The third kappa shape index (κ3) is 3.07. The van der Waals surface area contributed by atoms with Crippen LogP contribution in [0.4, 0.5) is 0 Å². The van der Waals surface area contributed by atoms with Gasteiger partial charge in [-0.25, -0.2) is 0 Å². The molecule has 1 atom stereocenters. The molecule has 0 bridgehead atoms. The van der Waals surface area contributed by atoms with E-state index in [1.54, 1.807) is 30.0 Å². The van der Waals surface area contributed by atoms with Crippen molar-refractivity contribution in [3.63, 3.8) is 0 Å². The van der Waals surface area contributed by atoms with E-state index in [9.17, 15) is 9.59 Å². The van der Waals surface area contributed by atoms with Gasteiger partial charge < -0.3 is 10.0 Å². The highest BCUT2D eigenvalue weighted by molar-refractivity contribution is 6.35.